The van der Waals surface area contributed by atoms with Crippen LogP contribution < -0.4 is 11.1 Å². The minimum atomic E-state index is 0.0841. The van der Waals surface area contributed by atoms with Crippen molar-refractivity contribution in [3.8, 4) is 0 Å². The topological polar surface area (TPSA) is 98.2 Å². The van der Waals surface area contributed by atoms with E-state index in [9.17, 15) is 9.59 Å². The number of amides is 1. The molecule has 6 heteroatoms. The predicted molar refractivity (Wildman–Crippen MR) is 101 cm³/mol. The number of Topliss-reactive ketones (excluding diaryl/α,β-unsaturated/α-hetero) is 1. The van der Waals surface area contributed by atoms with Crippen LogP contribution in [0.25, 0.3) is 0 Å². The maximum atomic E-state index is 12.5. The van der Waals surface area contributed by atoms with Gasteiger partial charge in [0.15, 0.2) is 5.78 Å². The number of nitrogens with two attached hydrogens (primary N) is 1. The lowest BCUT2D eigenvalue weighted by Gasteiger charge is -2.31. The lowest BCUT2D eigenvalue weighted by molar-refractivity contribution is -0.127. The molecule has 3 N–H and O–H groups in total. The second-order valence-corrected chi connectivity index (χ2v) is 8.87. The number of nitrogens with zero attached hydrogens (tertiary/aromatic N) is 1. The van der Waals surface area contributed by atoms with Crippen molar-refractivity contribution < 1.29 is 14.1 Å². The fraction of sp³-hybridized carbons (Fsp3) is 0.762. The average molecular weight is 373 g/mol. The van der Waals surface area contributed by atoms with Crippen LogP contribution in [0.5, 0.6) is 0 Å². The lowest BCUT2D eigenvalue weighted by Crippen LogP contribution is -2.43. The molecule has 3 saturated carbocycles. The summed E-state index contributed by atoms with van der Waals surface area (Å²) >= 11 is 0. The molecule has 1 heterocycles. The monoisotopic (exact) mass is 373 g/mol. The number of aromatic nitrogens is 1. The van der Waals surface area contributed by atoms with Crippen molar-refractivity contribution in [1.82, 2.24) is 10.5 Å². The van der Waals surface area contributed by atoms with Crippen LogP contribution in [0.3, 0.4) is 0 Å². The molecule has 4 rings (SSSR count). The first-order chi connectivity index (χ1) is 13.1. The maximum absolute atomic E-state index is 12.5. The van der Waals surface area contributed by atoms with Crippen LogP contribution in [0, 0.1) is 11.8 Å². The summed E-state index contributed by atoms with van der Waals surface area (Å²) in [6, 6.07) is 2.25. The minimum absolute atomic E-state index is 0.0841. The second-order valence-electron chi connectivity index (χ2n) is 8.87. The van der Waals surface area contributed by atoms with Crippen molar-refractivity contribution in [3.63, 3.8) is 0 Å². The largest absolute Gasteiger partial charge is 0.360 e. The Labute approximate surface area is 160 Å². The van der Waals surface area contributed by atoms with Crippen LogP contribution in [0.1, 0.15) is 92.8 Å². The average Bonchev–Trinajstić information content (AvgIpc) is 3.40. The highest BCUT2D eigenvalue weighted by molar-refractivity contribution is 5.94. The summed E-state index contributed by atoms with van der Waals surface area (Å²) in [6.07, 6.45) is 10.6. The highest BCUT2D eigenvalue weighted by Gasteiger charge is 2.31. The van der Waals surface area contributed by atoms with Crippen LogP contribution in [-0.4, -0.2) is 28.9 Å². The van der Waals surface area contributed by atoms with E-state index in [2.05, 4.69) is 10.5 Å². The third-order valence-electron chi connectivity index (χ3n) is 6.55. The van der Waals surface area contributed by atoms with Gasteiger partial charge in [-0.1, -0.05) is 11.6 Å². The SMILES string of the molecule is N[C@@H]1CCC[C@H](C(=O)NC2CCC(CC(=O)c3cc(C4CC4)on3)CC2)C1. The summed E-state index contributed by atoms with van der Waals surface area (Å²) < 4.78 is 5.30. The van der Waals surface area contributed by atoms with Crippen LogP contribution in [-0.2, 0) is 4.79 Å². The first-order valence-electron chi connectivity index (χ1n) is 10.6. The Morgan fingerprint density at radius 3 is 2.59 bits per heavy atom. The summed E-state index contributed by atoms with van der Waals surface area (Å²) in [5, 5.41) is 7.19. The number of nitrogens with one attached hydrogen (secondary N) is 1. The normalized spacial score (nSPS) is 31.4. The standard InChI is InChI=1S/C21H31N3O3/c22-16-3-1-2-15(11-16)21(26)23-17-8-4-13(5-9-17)10-19(25)18-12-20(27-24-18)14-6-7-14/h12-17H,1-11,22H2,(H,23,26)/t13?,15-,16+,17?/m0/s1. The van der Waals surface area contributed by atoms with Gasteiger partial charge in [-0.2, -0.15) is 0 Å². The second kappa shape index (κ2) is 8.13. The van der Waals surface area contributed by atoms with Gasteiger partial charge in [0.2, 0.25) is 5.91 Å². The zero-order chi connectivity index (χ0) is 18.8. The molecule has 148 valence electrons. The third kappa shape index (κ3) is 4.78. The number of rotatable bonds is 6. The van der Waals surface area contributed by atoms with Crippen molar-refractivity contribution >= 4 is 11.7 Å². The Hall–Kier alpha value is -1.69. The van der Waals surface area contributed by atoms with Crippen LogP contribution >= 0.6 is 0 Å². The van der Waals surface area contributed by atoms with Crippen molar-refractivity contribution in [3.05, 3.63) is 17.5 Å². The van der Waals surface area contributed by atoms with Gasteiger partial charge in [-0.3, -0.25) is 9.59 Å². The molecule has 0 bridgehead atoms. The minimum Gasteiger partial charge on any atom is -0.360 e. The molecule has 0 radical (unpaired) electrons. The molecule has 0 unspecified atom stereocenters. The highest BCUT2D eigenvalue weighted by Crippen LogP contribution is 2.40. The molecular weight excluding hydrogens is 342 g/mol. The van der Waals surface area contributed by atoms with Crippen LogP contribution in [0.15, 0.2) is 10.6 Å². The summed E-state index contributed by atoms with van der Waals surface area (Å²) in [7, 11) is 0. The van der Waals surface area contributed by atoms with Gasteiger partial charge in [0.05, 0.1) is 0 Å². The molecule has 3 aliphatic carbocycles. The van der Waals surface area contributed by atoms with Crippen molar-refractivity contribution in [2.75, 3.05) is 0 Å². The predicted octanol–water partition coefficient (Wildman–Crippen LogP) is 3.32. The first-order valence-corrected chi connectivity index (χ1v) is 10.6. The fourth-order valence-corrected chi connectivity index (χ4v) is 4.64. The Morgan fingerprint density at radius 2 is 1.89 bits per heavy atom. The van der Waals surface area contributed by atoms with Crippen LogP contribution in [0.2, 0.25) is 0 Å². The summed E-state index contributed by atoms with van der Waals surface area (Å²) in [5.41, 5.74) is 6.49. The van der Waals surface area contributed by atoms with Gasteiger partial charge in [-0.25, -0.2) is 0 Å². The van der Waals surface area contributed by atoms with E-state index in [0.717, 1.165) is 70.0 Å². The van der Waals surface area contributed by atoms with E-state index in [4.69, 9.17) is 10.3 Å². The molecule has 3 aliphatic rings. The van der Waals surface area contributed by atoms with Gasteiger partial charge in [-0.05, 0) is 63.7 Å². The molecule has 6 nitrogen and oxygen atoms in total. The molecule has 2 atom stereocenters. The highest BCUT2D eigenvalue weighted by atomic mass is 16.5. The summed E-state index contributed by atoms with van der Waals surface area (Å²) in [6.45, 7) is 0. The molecule has 0 aliphatic heterocycles. The Kier molecular flexibility index (Phi) is 5.62. The number of hydrogen-bond acceptors (Lipinski definition) is 5. The number of carbonyl (C=O) groups excluding carboxylic acids is 2. The van der Waals surface area contributed by atoms with Gasteiger partial charge in [0, 0.05) is 36.4 Å². The summed E-state index contributed by atoms with van der Waals surface area (Å²) in [4.78, 5) is 24.9. The van der Waals surface area contributed by atoms with E-state index in [1.165, 1.54) is 0 Å². The molecule has 27 heavy (non-hydrogen) atoms. The van der Waals surface area contributed by atoms with Gasteiger partial charge in [0.1, 0.15) is 11.5 Å². The molecule has 3 fully saturated rings. The van der Waals surface area contributed by atoms with Crippen molar-refractivity contribution in [2.45, 2.75) is 88.6 Å². The molecule has 0 aromatic carbocycles. The van der Waals surface area contributed by atoms with E-state index >= 15 is 0 Å². The maximum Gasteiger partial charge on any atom is 0.223 e. The van der Waals surface area contributed by atoms with Gasteiger partial charge in [-0.15, -0.1) is 0 Å². The molecule has 1 aromatic rings. The van der Waals surface area contributed by atoms with E-state index in [-0.39, 0.29) is 29.7 Å². The van der Waals surface area contributed by atoms with Gasteiger partial charge in [0.25, 0.3) is 0 Å². The zero-order valence-electron chi connectivity index (χ0n) is 16.0. The molecule has 0 saturated heterocycles. The van der Waals surface area contributed by atoms with E-state index < -0.39 is 0 Å². The van der Waals surface area contributed by atoms with E-state index in [1.54, 1.807) is 0 Å². The lowest BCUT2D eigenvalue weighted by atomic mass is 9.81. The quantitative estimate of drug-likeness (QED) is 0.745. The molecule has 1 aromatic heterocycles. The summed E-state index contributed by atoms with van der Waals surface area (Å²) in [5.74, 6) is 2.09. The van der Waals surface area contributed by atoms with Crippen molar-refractivity contribution in [1.29, 1.82) is 0 Å². The fourth-order valence-electron chi connectivity index (χ4n) is 4.64. The number of carbonyl (C=O) groups is 2. The molecular formula is C21H31N3O3. The van der Waals surface area contributed by atoms with E-state index in [0.29, 0.717) is 24.0 Å². The molecule has 0 spiro atoms. The zero-order valence-corrected chi connectivity index (χ0v) is 16.0. The van der Waals surface area contributed by atoms with Gasteiger partial charge >= 0.3 is 0 Å². The number of ketones is 1. The van der Waals surface area contributed by atoms with Crippen molar-refractivity contribution in [2.24, 2.45) is 17.6 Å². The smallest absolute Gasteiger partial charge is 0.223 e. The number of hydrogen-bond donors (Lipinski definition) is 2. The van der Waals surface area contributed by atoms with Crippen LogP contribution in [0.4, 0.5) is 0 Å². The van der Waals surface area contributed by atoms with Gasteiger partial charge < -0.3 is 15.6 Å². The van der Waals surface area contributed by atoms with E-state index in [1.807, 2.05) is 6.07 Å². The Balaban J connectivity index is 1.20. The Morgan fingerprint density at radius 1 is 1.11 bits per heavy atom. The third-order valence-corrected chi connectivity index (χ3v) is 6.55. The molecule has 1 amide bonds. The Bertz CT molecular complexity index is 674. The first kappa shape index (κ1) is 18.7.